The Morgan fingerprint density at radius 1 is 1.10 bits per heavy atom. The zero-order valence-electron chi connectivity index (χ0n) is 17.2. The van der Waals surface area contributed by atoms with Crippen LogP contribution in [0.25, 0.3) is 21.3 Å². The maximum absolute atomic E-state index is 13.5. The van der Waals surface area contributed by atoms with E-state index in [4.69, 9.17) is 0 Å². The fourth-order valence-corrected chi connectivity index (χ4v) is 5.99. The van der Waals surface area contributed by atoms with Crippen LogP contribution in [0.4, 0.5) is 4.39 Å². The van der Waals surface area contributed by atoms with Gasteiger partial charge in [-0.1, -0.05) is 30.0 Å². The molecule has 0 aliphatic heterocycles. The van der Waals surface area contributed by atoms with E-state index < -0.39 is 0 Å². The first-order valence-corrected chi connectivity index (χ1v) is 12.2. The third-order valence-corrected chi connectivity index (χ3v) is 7.69. The van der Waals surface area contributed by atoms with Gasteiger partial charge < -0.3 is 0 Å². The highest BCUT2D eigenvalue weighted by molar-refractivity contribution is 8.00. The minimum Gasteiger partial charge on any atom is -0.293 e. The van der Waals surface area contributed by atoms with Gasteiger partial charge in [0.15, 0.2) is 5.78 Å². The van der Waals surface area contributed by atoms with Gasteiger partial charge in [-0.2, -0.15) is 0 Å². The Bertz CT molecular complexity index is 1300. The molecule has 0 radical (unpaired) electrons. The molecule has 1 aliphatic carbocycles. The number of hydrogen-bond donors (Lipinski definition) is 0. The van der Waals surface area contributed by atoms with E-state index in [1.807, 2.05) is 0 Å². The first-order valence-electron chi connectivity index (χ1n) is 10.4. The summed E-state index contributed by atoms with van der Waals surface area (Å²) in [6.45, 7) is 1.67. The van der Waals surface area contributed by atoms with Crippen molar-refractivity contribution in [2.45, 2.75) is 37.6 Å². The molecule has 2 heterocycles. The Morgan fingerprint density at radius 2 is 1.94 bits per heavy atom. The van der Waals surface area contributed by atoms with Crippen LogP contribution < -0.4 is 0 Å². The van der Waals surface area contributed by atoms with Crippen LogP contribution in [-0.4, -0.2) is 21.5 Å². The van der Waals surface area contributed by atoms with Crippen LogP contribution in [0.1, 0.15) is 39.9 Å². The predicted molar refractivity (Wildman–Crippen MR) is 126 cm³/mol. The predicted octanol–water partition coefficient (Wildman–Crippen LogP) is 6.66. The van der Waals surface area contributed by atoms with Gasteiger partial charge in [-0.25, -0.2) is 14.4 Å². The zero-order valence-corrected chi connectivity index (χ0v) is 18.8. The first-order chi connectivity index (χ1) is 15.1. The fraction of sp³-hybridized carbons (Fsp3) is 0.240. The molecule has 5 rings (SSSR count). The van der Waals surface area contributed by atoms with Gasteiger partial charge in [0.2, 0.25) is 0 Å². The normalized spacial score (nSPS) is 13.4. The Labute approximate surface area is 188 Å². The van der Waals surface area contributed by atoms with Crippen LogP contribution in [0.2, 0.25) is 0 Å². The fourth-order valence-electron chi connectivity index (χ4n) is 4.11. The molecule has 0 fully saturated rings. The molecular formula is C25H21FN2OS2. The van der Waals surface area contributed by atoms with Crippen LogP contribution in [0.15, 0.2) is 53.1 Å². The number of aromatic nitrogens is 2. The van der Waals surface area contributed by atoms with Gasteiger partial charge in [-0.3, -0.25) is 4.79 Å². The molecule has 0 unspecified atom stereocenters. The van der Waals surface area contributed by atoms with Crippen LogP contribution in [0.3, 0.4) is 0 Å². The number of aryl methyl sites for hydroxylation is 3. The highest BCUT2D eigenvalue weighted by Gasteiger charge is 2.17. The summed E-state index contributed by atoms with van der Waals surface area (Å²) in [4.78, 5) is 22.6. The number of thioether (sulfide) groups is 1. The van der Waals surface area contributed by atoms with E-state index in [-0.39, 0.29) is 17.4 Å². The van der Waals surface area contributed by atoms with Crippen LogP contribution >= 0.6 is 23.1 Å². The van der Waals surface area contributed by atoms with Gasteiger partial charge in [0.1, 0.15) is 22.0 Å². The summed E-state index contributed by atoms with van der Waals surface area (Å²) in [6, 6.07) is 11.3. The van der Waals surface area contributed by atoms with E-state index in [9.17, 15) is 9.18 Å². The van der Waals surface area contributed by atoms with Crippen molar-refractivity contribution in [3.8, 4) is 11.1 Å². The minimum absolute atomic E-state index is 0.0366. The van der Waals surface area contributed by atoms with E-state index in [1.54, 1.807) is 36.7 Å². The summed E-state index contributed by atoms with van der Waals surface area (Å²) in [6.07, 6.45) is 6.37. The Balaban J connectivity index is 1.45. The summed E-state index contributed by atoms with van der Waals surface area (Å²) < 4.78 is 13.5. The van der Waals surface area contributed by atoms with E-state index in [0.717, 1.165) is 33.6 Å². The molecule has 0 N–H and O–H groups in total. The smallest absolute Gasteiger partial charge is 0.173 e. The molecule has 4 aromatic rings. The molecule has 0 saturated heterocycles. The van der Waals surface area contributed by atoms with E-state index in [1.165, 1.54) is 47.4 Å². The number of ketones is 1. The van der Waals surface area contributed by atoms with Gasteiger partial charge in [0.25, 0.3) is 0 Å². The van der Waals surface area contributed by atoms with Crippen molar-refractivity contribution in [1.29, 1.82) is 0 Å². The van der Waals surface area contributed by atoms with Crippen molar-refractivity contribution < 1.29 is 9.18 Å². The number of nitrogens with zero attached hydrogens (tertiary/aromatic N) is 2. The third-order valence-electron chi connectivity index (χ3n) is 5.81. The van der Waals surface area contributed by atoms with Crippen LogP contribution in [0.5, 0.6) is 0 Å². The summed E-state index contributed by atoms with van der Waals surface area (Å²) in [7, 11) is 0. The highest BCUT2D eigenvalue weighted by Crippen LogP contribution is 2.39. The summed E-state index contributed by atoms with van der Waals surface area (Å²) in [5.41, 5.74) is 6.21. The van der Waals surface area contributed by atoms with Gasteiger partial charge >= 0.3 is 0 Å². The third kappa shape index (κ3) is 4.02. The van der Waals surface area contributed by atoms with Crippen LogP contribution in [-0.2, 0) is 12.8 Å². The van der Waals surface area contributed by atoms with Crippen molar-refractivity contribution in [3.63, 3.8) is 0 Å². The topological polar surface area (TPSA) is 42.9 Å². The number of rotatable bonds is 5. The van der Waals surface area contributed by atoms with Gasteiger partial charge in [-0.05, 0) is 73.1 Å². The molecule has 156 valence electrons. The standard InChI is InChI=1S/C25H21FN2OS2/c1-15-10-19(8-9-21(15)26)22(29)13-31-25-23-20(12-30-24(23)27-14-28-25)18-7-6-16-4-2-3-5-17(16)11-18/h6-12,14H,2-5,13H2,1H3. The molecule has 1 aliphatic rings. The van der Waals surface area contributed by atoms with Crippen LogP contribution in [0, 0.1) is 12.7 Å². The maximum Gasteiger partial charge on any atom is 0.173 e. The number of Topliss-reactive ketones (excluding diaryl/α,β-unsaturated/α-hetero) is 1. The van der Waals surface area contributed by atoms with E-state index in [0.29, 0.717) is 11.1 Å². The molecule has 0 spiro atoms. The Hall–Kier alpha value is -2.57. The molecule has 0 saturated carbocycles. The number of thiophene rings is 1. The molecule has 3 nitrogen and oxygen atoms in total. The lowest BCUT2D eigenvalue weighted by Crippen LogP contribution is -2.04. The maximum atomic E-state index is 13.5. The number of fused-ring (bicyclic) bond motifs is 2. The molecular weight excluding hydrogens is 427 g/mol. The number of halogens is 1. The number of carbonyl (C=O) groups excluding carboxylic acids is 1. The monoisotopic (exact) mass is 448 g/mol. The minimum atomic E-state index is -0.297. The van der Waals surface area contributed by atoms with Gasteiger partial charge in [0.05, 0.1) is 11.1 Å². The first kappa shape index (κ1) is 20.3. The largest absolute Gasteiger partial charge is 0.293 e. The summed E-state index contributed by atoms with van der Waals surface area (Å²) in [5.74, 6) is -0.0866. The quantitative estimate of drug-likeness (QED) is 0.194. The zero-order chi connectivity index (χ0) is 21.4. The number of benzene rings is 2. The SMILES string of the molecule is Cc1cc(C(=O)CSc2ncnc3scc(-c4ccc5c(c4)CCCC5)c23)ccc1F. The Kier molecular flexibility index (Phi) is 5.59. The summed E-state index contributed by atoms with van der Waals surface area (Å²) >= 11 is 3.02. The molecule has 0 atom stereocenters. The lowest BCUT2D eigenvalue weighted by molar-refractivity contribution is 0.102. The Morgan fingerprint density at radius 3 is 2.77 bits per heavy atom. The lowest BCUT2D eigenvalue weighted by Gasteiger charge is -2.16. The molecule has 6 heteroatoms. The van der Waals surface area contributed by atoms with Crippen molar-refractivity contribution in [2.75, 3.05) is 5.75 Å². The highest BCUT2D eigenvalue weighted by atomic mass is 32.2. The van der Waals surface area contributed by atoms with Crippen molar-refractivity contribution in [2.24, 2.45) is 0 Å². The van der Waals surface area contributed by atoms with Crippen molar-refractivity contribution in [1.82, 2.24) is 9.97 Å². The average molecular weight is 449 g/mol. The van der Waals surface area contributed by atoms with Crippen molar-refractivity contribution >= 4 is 39.1 Å². The lowest BCUT2D eigenvalue weighted by atomic mass is 9.89. The second kappa shape index (κ2) is 8.52. The molecule has 0 amide bonds. The van der Waals surface area contributed by atoms with E-state index in [2.05, 4.69) is 33.5 Å². The van der Waals surface area contributed by atoms with Crippen molar-refractivity contribution in [3.05, 3.63) is 76.2 Å². The molecule has 2 aromatic heterocycles. The average Bonchev–Trinajstić information content (AvgIpc) is 3.24. The van der Waals surface area contributed by atoms with E-state index >= 15 is 0 Å². The molecule has 31 heavy (non-hydrogen) atoms. The molecule has 0 bridgehead atoms. The number of hydrogen-bond acceptors (Lipinski definition) is 5. The number of carbonyl (C=O) groups is 1. The van der Waals surface area contributed by atoms with Gasteiger partial charge in [-0.15, -0.1) is 11.3 Å². The second-order valence-corrected chi connectivity index (χ2v) is 9.70. The summed E-state index contributed by atoms with van der Waals surface area (Å²) in [5, 5.41) is 3.96. The van der Waals surface area contributed by atoms with Gasteiger partial charge in [0, 0.05) is 16.5 Å². The second-order valence-electron chi connectivity index (χ2n) is 7.87. The molecule has 2 aromatic carbocycles.